The summed E-state index contributed by atoms with van der Waals surface area (Å²) in [5.74, 6) is -0.900. The van der Waals surface area contributed by atoms with E-state index in [0.29, 0.717) is 5.56 Å². The van der Waals surface area contributed by atoms with Gasteiger partial charge in [-0.05, 0) is 47.9 Å². The SMILES string of the molecule is Cc1cc(O)cc(-c2ccc(O)c(F)c2)c1. The van der Waals surface area contributed by atoms with E-state index < -0.39 is 5.82 Å². The van der Waals surface area contributed by atoms with Crippen molar-refractivity contribution in [2.45, 2.75) is 6.92 Å². The van der Waals surface area contributed by atoms with Gasteiger partial charge in [-0.3, -0.25) is 0 Å². The molecule has 0 radical (unpaired) electrons. The van der Waals surface area contributed by atoms with Crippen molar-refractivity contribution in [2.75, 3.05) is 0 Å². The van der Waals surface area contributed by atoms with E-state index in [-0.39, 0.29) is 11.5 Å². The predicted octanol–water partition coefficient (Wildman–Crippen LogP) is 3.21. The number of rotatable bonds is 1. The largest absolute Gasteiger partial charge is 0.508 e. The molecule has 3 heteroatoms. The highest BCUT2D eigenvalue weighted by Crippen LogP contribution is 2.28. The molecular weight excluding hydrogens is 207 g/mol. The van der Waals surface area contributed by atoms with Crippen molar-refractivity contribution in [1.29, 1.82) is 0 Å². The number of hydrogen-bond acceptors (Lipinski definition) is 2. The normalized spacial score (nSPS) is 10.4. The van der Waals surface area contributed by atoms with Crippen LogP contribution >= 0.6 is 0 Å². The Labute approximate surface area is 92.6 Å². The zero-order valence-electron chi connectivity index (χ0n) is 8.74. The Morgan fingerprint density at radius 2 is 1.69 bits per heavy atom. The van der Waals surface area contributed by atoms with Crippen LogP contribution in [0.15, 0.2) is 36.4 Å². The van der Waals surface area contributed by atoms with E-state index in [1.54, 1.807) is 18.2 Å². The lowest BCUT2D eigenvalue weighted by Crippen LogP contribution is -1.83. The van der Waals surface area contributed by atoms with E-state index in [1.807, 2.05) is 13.0 Å². The Hall–Kier alpha value is -2.03. The predicted molar refractivity (Wildman–Crippen MR) is 59.9 cm³/mol. The van der Waals surface area contributed by atoms with Crippen LogP contribution in [0.5, 0.6) is 11.5 Å². The van der Waals surface area contributed by atoms with Crippen molar-refractivity contribution in [3.05, 3.63) is 47.8 Å². The van der Waals surface area contributed by atoms with E-state index in [1.165, 1.54) is 12.1 Å². The molecule has 2 aromatic rings. The Balaban J connectivity index is 2.54. The molecule has 0 aliphatic rings. The maximum absolute atomic E-state index is 13.2. The molecule has 2 N–H and O–H groups in total. The van der Waals surface area contributed by atoms with Gasteiger partial charge >= 0.3 is 0 Å². The van der Waals surface area contributed by atoms with Crippen molar-refractivity contribution >= 4 is 0 Å². The van der Waals surface area contributed by atoms with Gasteiger partial charge in [0.25, 0.3) is 0 Å². The lowest BCUT2D eigenvalue weighted by Gasteiger charge is -2.05. The van der Waals surface area contributed by atoms with Crippen molar-refractivity contribution in [1.82, 2.24) is 0 Å². The maximum atomic E-state index is 13.2. The molecule has 0 unspecified atom stereocenters. The molecule has 0 amide bonds. The van der Waals surface area contributed by atoms with E-state index in [9.17, 15) is 9.50 Å². The summed E-state index contributed by atoms with van der Waals surface area (Å²) in [6.45, 7) is 1.85. The number of phenolic OH excluding ortho intramolecular Hbond substituents is 2. The van der Waals surface area contributed by atoms with Crippen molar-refractivity contribution in [3.8, 4) is 22.6 Å². The third-order valence-corrected chi connectivity index (χ3v) is 2.34. The van der Waals surface area contributed by atoms with Crippen molar-refractivity contribution in [2.24, 2.45) is 0 Å². The Bertz CT molecular complexity index is 515. The molecule has 2 rings (SSSR count). The van der Waals surface area contributed by atoms with Crippen LogP contribution in [-0.2, 0) is 0 Å². The number of benzene rings is 2. The van der Waals surface area contributed by atoms with Crippen LogP contribution in [0.4, 0.5) is 4.39 Å². The smallest absolute Gasteiger partial charge is 0.165 e. The number of aryl methyl sites for hydroxylation is 1. The monoisotopic (exact) mass is 218 g/mol. The molecule has 0 saturated heterocycles. The van der Waals surface area contributed by atoms with E-state index in [4.69, 9.17) is 5.11 Å². The molecule has 82 valence electrons. The fourth-order valence-electron chi connectivity index (χ4n) is 1.62. The third kappa shape index (κ3) is 1.98. The first-order chi connectivity index (χ1) is 7.56. The van der Waals surface area contributed by atoms with Crippen LogP contribution < -0.4 is 0 Å². The Morgan fingerprint density at radius 3 is 2.31 bits per heavy atom. The summed E-state index contributed by atoms with van der Waals surface area (Å²) in [5, 5.41) is 18.5. The molecule has 0 aliphatic heterocycles. The molecule has 0 bridgehead atoms. The first-order valence-electron chi connectivity index (χ1n) is 4.86. The molecular formula is C13H11FO2. The highest BCUT2D eigenvalue weighted by Gasteiger charge is 2.05. The maximum Gasteiger partial charge on any atom is 0.165 e. The van der Waals surface area contributed by atoms with Gasteiger partial charge in [-0.25, -0.2) is 4.39 Å². The lowest BCUT2D eigenvalue weighted by atomic mass is 10.0. The number of hydrogen-bond donors (Lipinski definition) is 2. The van der Waals surface area contributed by atoms with Gasteiger partial charge in [0, 0.05) is 0 Å². The fraction of sp³-hybridized carbons (Fsp3) is 0.0769. The quantitative estimate of drug-likeness (QED) is 0.771. The van der Waals surface area contributed by atoms with Crippen LogP contribution in [0.25, 0.3) is 11.1 Å². The van der Waals surface area contributed by atoms with Crippen LogP contribution in [0.3, 0.4) is 0 Å². The molecule has 0 atom stereocenters. The number of aromatic hydroxyl groups is 2. The minimum Gasteiger partial charge on any atom is -0.508 e. The standard InChI is InChI=1S/C13H11FO2/c1-8-4-10(6-11(15)5-8)9-2-3-13(16)12(14)7-9/h2-7,15-16H,1H3. The topological polar surface area (TPSA) is 40.5 Å². The molecule has 0 aliphatic carbocycles. The van der Waals surface area contributed by atoms with Gasteiger partial charge in [0.05, 0.1) is 0 Å². The molecule has 0 spiro atoms. The average molecular weight is 218 g/mol. The summed E-state index contributed by atoms with van der Waals surface area (Å²) in [5.41, 5.74) is 2.23. The summed E-state index contributed by atoms with van der Waals surface area (Å²) in [6, 6.07) is 9.16. The van der Waals surface area contributed by atoms with Crippen molar-refractivity contribution in [3.63, 3.8) is 0 Å². The number of phenols is 2. The highest BCUT2D eigenvalue weighted by molar-refractivity contribution is 5.66. The highest BCUT2D eigenvalue weighted by atomic mass is 19.1. The van der Waals surface area contributed by atoms with Crippen LogP contribution in [0.1, 0.15) is 5.56 Å². The first-order valence-corrected chi connectivity index (χ1v) is 4.86. The van der Waals surface area contributed by atoms with E-state index in [2.05, 4.69) is 0 Å². The molecule has 0 saturated carbocycles. The van der Waals surface area contributed by atoms with Crippen LogP contribution in [0.2, 0.25) is 0 Å². The summed E-state index contributed by atoms with van der Waals surface area (Å²) < 4.78 is 13.2. The van der Waals surface area contributed by atoms with Gasteiger partial charge in [-0.2, -0.15) is 0 Å². The summed E-state index contributed by atoms with van der Waals surface area (Å²) in [4.78, 5) is 0. The van der Waals surface area contributed by atoms with Crippen LogP contribution in [0, 0.1) is 12.7 Å². The van der Waals surface area contributed by atoms with Crippen molar-refractivity contribution < 1.29 is 14.6 Å². The van der Waals surface area contributed by atoms with Gasteiger partial charge in [-0.15, -0.1) is 0 Å². The fourth-order valence-corrected chi connectivity index (χ4v) is 1.62. The summed E-state index contributed by atoms with van der Waals surface area (Å²) in [7, 11) is 0. The van der Waals surface area contributed by atoms with Gasteiger partial charge in [0.1, 0.15) is 5.75 Å². The first kappa shape index (κ1) is 10.5. The van der Waals surface area contributed by atoms with Gasteiger partial charge in [0.2, 0.25) is 0 Å². The third-order valence-electron chi connectivity index (χ3n) is 2.34. The average Bonchev–Trinajstić information content (AvgIpc) is 2.20. The van der Waals surface area contributed by atoms with Crippen LogP contribution in [-0.4, -0.2) is 10.2 Å². The molecule has 2 nitrogen and oxygen atoms in total. The van der Waals surface area contributed by atoms with E-state index in [0.717, 1.165) is 11.1 Å². The minimum absolute atomic E-state index is 0.142. The molecule has 0 aromatic heterocycles. The Kier molecular flexibility index (Phi) is 2.52. The van der Waals surface area contributed by atoms with Gasteiger partial charge < -0.3 is 10.2 Å². The summed E-state index contributed by atoms with van der Waals surface area (Å²) in [6.07, 6.45) is 0. The lowest BCUT2D eigenvalue weighted by molar-refractivity contribution is 0.432. The second-order valence-electron chi connectivity index (χ2n) is 3.72. The zero-order chi connectivity index (χ0) is 11.7. The second kappa shape index (κ2) is 3.85. The van der Waals surface area contributed by atoms with E-state index >= 15 is 0 Å². The molecule has 0 heterocycles. The molecule has 0 fully saturated rings. The Morgan fingerprint density at radius 1 is 0.938 bits per heavy atom. The minimum atomic E-state index is -0.668. The molecule has 2 aromatic carbocycles. The van der Waals surface area contributed by atoms with Gasteiger partial charge in [-0.1, -0.05) is 12.1 Å². The second-order valence-corrected chi connectivity index (χ2v) is 3.72. The van der Waals surface area contributed by atoms with Gasteiger partial charge in [0.15, 0.2) is 11.6 Å². The zero-order valence-corrected chi connectivity index (χ0v) is 8.74. The summed E-state index contributed by atoms with van der Waals surface area (Å²) >= 11 is 0. The molecule has 16 heavy (non-hydrogen) atoms. The number of halogens is 1.